The summed E-state index contributed by atoms with van der Waals surface area (Å²) >= 11 is 5.55. The molecular weight excluding hydrogens is 228 g/mol. The zero-order valence-corrected chi connectivity index (χ0v) is 10.6. The highest BCUT2D eigenvalue weighted by molar-refractivity contribution is 6.18. The van der Waals surface area contributed by atoms with E-state index in [-0.39, 0.29) is 0 Å². The Morgan fingerprint density at radius 2 is 2.12 bits per heavy atom. The van der Waals surface area contributed by atoms with Crippen LogP contribution in [-0.4, -0.2) is 29.2 Å². The Bertz CT molecular complexity index is 222. The van der Waals surface area contributed by atoms with Crippen LogP contribution in [0.25, 0.3) is 0 Å². The predicted octanol–water partition coefficient (Wildman–Crippen LogP) is 3.06. The molecule has 1 aliphatic rings. The summed E-state index contributed by atoms with van der Waals surface area (Å²) in [4.78, 5) is 11.3. The van der Waals surface area contributed by atoms with E-state index in [1.807, 2.05) is 0 Å². The summed E-state index contributed by atoms with van der Waals surface area (Å²) in [5, 5.41) is 9.26. The van der Waals surface area contributed by atoms with Crippen molar-refractivity contribution in [2.24, 2.45) is 5.92 Å². The number of carboxylic acid groups (broad SMARTS) is 1. The van der Waals surface area contributed by atoms with Gasteiger partial charge in [0.05, 0.1) is 6.61 Å². The number of ether oxygens (including phenoxy) is 1. The number of hydrogen-bond acceptors (Lipinski definition) is 2. The molecule has 1 N–H and O–H groups in total. The second kappa shape index (κ2) is 6.45. The summed E-state index contributed by atoms with van der Waals surface area (Å²) in [6, 6.07) is 0. The molecule has 0 bridgehead atoms. The monoisotopic (exact) mass is 248 g/mol. The van der Waals surface area contributed by atoms with Crippen LogP contribution in [0.2, 0.25) is 0 Å². The van der Waals surface area contributed by atoms with Crippen molar-refractivity contribution in [2.75, 3.05) is 12.5 Å². The molecule has 4 heteroatoms. The van der Waals surface area contributed by atoms with Gasteiger partial charge in [-0.25, -0.2) is 4.79 Å². The SMILES string of the molecule is CCCC1CCC(OCCCl)(C(=O)O)CC1. The molecule has 0 aromatic heterocycles. The van der Waals surface area contributed by atoms with Gasteiger partial charge in [-0.1, -0.05) is 19.8 Å². The van der Waals surface area contributed by atoms with E-state index in [1.54, 1.807) is 0 Å². The van der Waals surface area contributed by atoms with Crippen molar-refractivity contribution >= 4 is 17.6 Å². The van der Waals surface area contributed by atoms with Gasteiger partial charge in [0, 0.05) is 5.88 Å². The van der Waals surface area contributed by atoms with Gasteiger partial charge in [-0.2, -0.15) is 0 Å². The minimum absolute atomic E-state index is 0.326. The predicted molar refractivity (Wildman–Crippen MR) is 63.9 cm³/mol. The Balaban J connectivity index is 2.52. The molecule has 3 nitrogen and oxygen atoms in total. The Morgan fingerprint density at radius 1 is 1.50 bits per heavy atom. The van der Waals surface area contributed by atoms with Gasteiger partial charge in [0.25, 0.3) is 0 Å². The van der Waals surface area contributed by atoms with Crippen LogP contribution in [0.1, 0.15) is 45.4 Å². The molecule has 0 spiro atoms. The molecule has 0 amide bonds. The molecular formula is C12H21ClO3. The van der Waals surface area contributed by atoms with Crippen LogP contribution in [0.5, 0.6) is 0 Å². The summed E-state index contributed by atoms with van der Waals surface area (Å²) in [7, 11) is 0. The van der Waals surface area contributed by atoms with Crippen LogP contribution < -0.4 is 0 Å². The third-order valence-corrected chi connectivity index (χ3v) is 3.61. The minimum Gasteiger partial charge on any atom is -0.479 e. The largest absolute Gasteiger partial charge is 0.479 e. The third kappa shape index (κ3) is 3.36. The molecule has 1 saturated carbocycles. The molecule has 0 radical (unpaired) electrons. The summed E-state index contributed by atoms with van der Waals surface area (Å²) in [5.74, 6) is 0.206. The van der Waals surface area contributed by atoms with Gasteiger partial charge in [0.15, 0.2) is 5.60 Å². The Labute approximate surface area is 102 Å². The first kappa shape index (κ1) is 13.8. The average Bonchev–Trinajstić information content (AvgIpc) is 2.28. The lowest BCUT2D eigenvalue weighted by molar-refractivity contribution is -0.171. The van der Waals surface area contributed by atoms with Crippen LogP contribution in [0, 0.1) is 5.92 Å². The maximum atomic E-state index is 11.3. The third-order valence-electron chi connectivity index (χ3n) is 3.46. The van der Waals surface area contributed by atoms with Crippen LogP contribution in [0.4, 0.5) is 0 Å². The van der Waals surface area contributed by atoms with Crippen molar-refractivity contribution in [2.45, 2.75) is 51.0 Å². The van der Waals surface area contributed by atoms with E-state index in [2.05, 4.69) is 6.92 Å². The highest BCUT2D eigenvalue weighted by Gasteiger charge is 2.42. The zero-order chi connectivity index (χ0) is 12.0. The molecule has 94 valence electrons. The number of carbonyl (C=O) groups is 1. The topological polar surface area (TPSA) is 46.5 Å². The first-order valence-electron chi connectivity index (χ1n) is 6.08. The van der Waals surface area contributed by atoms with E-state index in [0.717, 1.165) is 12.8 Å². The second-order valence-electron chi connectivity index (χ2n) is 4.57. The van der Waals surface area contributed by atoms with E-state index in [4.69, 9.17) is 16.3 Å². The quantitative estimate of drug-likeness (QED) is 0.735. The van der Waals surface area contributed by atoms with E-state index >= 15 is 0 Å². The van der Waals surface area contributed by atoms with Crippen molar-refractivity contribution in [1.29, 1.82) is 0 Å². The lowest BCUT2D eigenvalue weighted by Crippen LogP contribution is -2.45. The molecule has 0 atom stereocenters. The van der Waals surface area contributed by atoms with Gasteiger partial charge in [-0.05, 0) is 31.6 Å². The molecule has 0 aromatic rings. The van der Waals surface area contributed by atoms with Gasteiger partial charge in [0.2, 0.25) is 0 Å². The van der Waals surface area contributed by atoms with Crippen LogP contribution in [0.15, 0.2) is 0 Å². The molecule has 0 saturated heterocycles. The summed E-state index contributed by atoms with van der Waals surface area (Å²) in [5.41, 5.74) is -0.959. The standard InChI is InChI=1S/C12H21ClO3/c1-2-3-10-4-6-12(7-5-10,11(14)15)16-9-8-13/h10H,2-9H2,1H3,(H,14,15). The lowest BCUT2D eigenvalue weighted by Gasteiger charge is -2.36. The van der Waals surface area contributed by atoms with Gasteiger partial charge in [-0.3, -0.25) is 0 Å². The summed E-state index contributed by atoms with van der Waals surface area (Å²) < 4.78 is 5.48. The van der Waals surface area contributed by atoms with Crippen molar-refractivity contribution in [3.8, 4) is 0 Å². The molecule has 0 unspecified atom stereocenters. The van der Waals surface area contributed by atoms with E-state index < -0.39 is 11.6 Å². The number of aliphatic carboxylic acids is 1. The van der Waals surface area contributed by atoms with E-state index in [9.17, 15) is 9.90 Å². The smallest absolute Gasteiger partial charge is 0.335 e. The Morgan fingerprint density at radius 3 is 2.56 bits per heavy atom. The zero-order valence-electron chi connectivity index (χ0n) is 9.88. The van der Waals surface area contributed by atoms with Crippen molar-refractivity contribution in [1.82, 2.24) is 0 Å². The van der Waals surface area contributed by atoms with E-state index in [0.29, 0.717) is 31.2 Å². The average molecular weight is 249 g/mol. The highest BCUT2D eigenvalue weighted by atomic mass is 35.5. The fourth-order valence-corrected chi connectivity index (χ4v) is 2.57. The minimum atomic E-state index is -0.959. The number of carboxylic acids is 1. The molecule has 16 heavy (non-hydrogen) atoms. The highest BCUT2D eigenvalue weighted by Crippen LogP contribution is 2.37. The molecule has 0 aliphatic heterocycles. The fourth-order valence-electron chi connectivity index (χ4n) is 2.49. The fraction of sp³-hybridized carbons (Fsp3) is 0.917. The van der Waals surface area contributed by atoms with Crippen molar-refractivity contribution in [3.63, 3.8) is 0 Å². The van der Waals surface area contributed by atoms with Gasteiger partial charge in [0.1, 0.15) is 0 Å². The number of alkyl halides is 1. The second-order valence-corrected chi connectivity index (χ2v) is 4.95. The number of hydrogen-bond donors (Lipinski definition) is 1. The van der Waals surface area contributed by atoms with Crippen LogP contribution in [0.3, 0.4) is 0 Å². The molecule has 1 fully saturated rings. The normalized spacial score (nSPS) is 30.2. The van der Waals surface area contributed by atoms with E-state index in [1.165, 1.54) is 12.8 Å². The van der Waals surface area contributed by atoms with Crippen molar-refractivity contribution < 1.29 is 14.6 Å². The summed E-state index contributed by atoms with van der Waals surface area (Å²) in [6.07, 6.45) is 5.55. The Hall–Kier alpha value is -0.280. The first-order valence-corrected chi connectivity index (χ1v) is 6.61. The molecule has 1 aliphatic carbocycles. The van der Waals surface area contributed by atoms with Gasteiger partial charge >= 0.3 is 5.97 Å². The van der Waals surface area contributed by atoms with Crippen LogP contribution in [-0.2, 0) is 9.53 Å². The van der Waals surface area contributed by atoms with Crippen molar-refractivity contribution in [3.05, 3.63) is 0 Å². The Kier molecular flexibility index (Phi) is 5.56. The lowest BCUT2D eigenvalue weighted by atomic mass is 9.77. The number of halogens is 1. The van der Waals surface area contributed by atoms with Gasteiger partial charge < -0.3 is 9.84 Å². The maximum Gasteiger partial charge on any atom is 0.335 e. The number of rotatable bonds is 6. The molecule has 0 aromatic carbocycles. The molecule has 0 heterocycles. The van der Waals surface area contributed by atoms with Crippen LogP contribution >= 0.6 is 11.6 Å². The first-order chi connectivity index (χ1) is 7.64. The summed E-state index contributed by atoms with van der Waals surface area (Å²) in [6.45, 7) is 2.50. The molecule has 1 rings (SSSR count). The van der Waals surface area contributed by atoms with Gasteiger partial charge in [-0.15, -0.1) is 11.6 Å². The maximum absolute atomic E-state index is 11.3.